The first kappa shape index (κ1) is 56.4. The van der Waals surface area contributed by atoms with E-state index in [1.807, 2.05) is 108 Å². The molecule has 0 N–H and O–H groups in total. The van der Waals surface area contributed by atoms with E-state index in [1.54, 1.807) is 48.5 Å². The second-order valence-electron chi connectivity index (χ2n) is 15.0. The van der Waals surface area contributed by atoms with Gasteiger partial charge in [0.2, 0.25) is 0 Å². The van der Waals surface area contributed by atoms with Crippen molar-refractivity contribution in [2.24, 2.45) is 0 Å². The first-order chi connectivity index (χ1) is 34.1. The minimum absolute atomic E-state index is 0.312. The molecule has 0 atom stereocenters. The van der Waals surface area contributed by atoms with Crippen LogP contribution in [0, 0.1) is 0 Å². The van der Waals surface area contributed by atoms with Gasteiger partial charge in [-0.2, -0.15) is 0 Å². The molecule has 0 aliphatic carbocycles. The molecule has 0 aliphatic heterocycles. The Hall–Kier alpha value is -4.93. The fourth-order valence-corrected chi connectivity index (χ4v) is 15.0. The molecule has 8 aromatic carbocycles. The Labute approximate surface area is 434 Å². The zero-order chi connectivity index (χ0) is 52.1. The van der Waals surface area contributed by atoms with Crippen molar-refractivity contribution in [3.05, 3.63) is 236 Å². The van der Waals surface area contributed by atoms with Crippen molar-refractivity contribution in [2.75, 3.05) is 0 Å². The van der Waals surface area contributed by atoms with E-state index in [0.29, 0.717) is 0 Å². The molecule has 0 radical (unpaired) electrons. The minimum atomic E-state index is -4.54. The Kier molecular flexibility index (Phi) is 19.8. The molecule has 0 amide bonds. The van der Waals surface area contributed by atoms with Crippen molar-refractivity contribution >= 4 is 118 Å². The maximum absolute atomic E-state index is 11.2. The summed E-state index contributed by atoms with van der Waals surface area (Å²) in [5, 5.41) is 5.23. The van der Waals surface area contributed by atoms with Crippen LogP contribution in [0.1, 0.15) is 11.1 Å². The Morgan fingerprint density at radius 2 is 0.542 bits per heavy atom. The van der Waals surface area contributed by atoms with E-state index in [0.717, 1.165) is 37.4 Å². The van der Waals surface area contributed by atoms with Crippen LogP contribution in [0.25, 0.3) is 5.57 Å². The number of benzene rings is 8. The molecule has 0 fully saturated rings. The van der Waals surface area contributed by atoms with Gasteiger partial charge in [-0.25, -0.2) is 33.7 Å². The van der Waals surface area contributed by atoms with Crippen molar-refractivity contribution in [1.82, 2.24) is 0 Å². The summed E-state index contributed by atoms with van der Waals surface area (Å²) in [7, 11) is -9.52. The van der Waals surface area contributed by atoms with Gasteiger partial charge in [-0.3, -0.25) is 0 Å². The number of rotatable bonds is 13. The molecule has 72 heavy (non-hydrogen) atoms. The van der Waals surface area contributed by atoms with Gasteiger partial charge in [0.1, 0.15) is 72.3 Å². The van der Waals surface area contributed by atoms with Crippen molar-refractivity contribution in [3.8, 4) is 0 Å². The maximum atomic E-state index is 11.2. The third-order valence-electron chi connectivity index (χ3n) is 10.3. The average molecular weight is 1210 g/mol. The standard InChI is InChI=1S/2C18H15O6PS2.C15H12.2ClH.Ru/c2*19-26(20,21)17-10-6-15(7-11-17)25(14-4-2-1-3-5-14)16-8-12-18(13-9-16)27(22,23)24;1-2-15(13-9-5-3-6-10-13)14-11-7-4-8-12-14;;;/h2*1-13H,(H,19,20,21)(H,22,23,24);1-12H;2*1H;/q;;;;;+2/p-4. The number of halogens is 2. The predicted molar refractivity (Wildman–Crippen MR) is 283 cm³/mol. The normalized spacial score (nSPS) is 11.9. The van der Waals surface area contributed by atoms with E-state index >= 15 is 0 Å². The number of hydrogen-bond acceptors (Lipinski definition) is 12. The van der Waals surface area contributed by atoms with E-state index in [4.69, 9.17) is 19.4 Å². The zero-order valence-corrected chi connectivity index (χ0v) is 45.6. The second kappa shape index (κ2) is 25.3. The van der Waals surface area contributed by atoms with Crippen LogP contribution in [-0.4, -0.2) is 56.5 Å². The monoisotopic (exact) mass is 1210 g/mol. The van der Waals surface area contributed by atoms with Gasteiger partial charge in [0, 0.05) is 0 Å². The molecule has 21 heteroatoms. The first-order valence-corrected chi connectivity index (χ1v) is 35.0. The van der Waals surface area contributed by atoms with Gasteiger partial charge in [-0.1, -0.05) is 36.4 Å². The molecule has 0 saturated heterocycles. The first-order valence-electron chi connectivity index (χ1n) is 20.8. The Morgan fingerprint density at radius 3 is 0.750 bits per heavy atom. The van der Waals surface area contributed by atoms with E-state index in [2.05, 4.69) is 24.3 Å². The molecule has 0 unspecified atom stereocenters. The number of allylic oxidation sites excluding steroid dienone is 1. The van der Waals surface area contributed by atoms with Crippen LogP contribution in [-0.2, 0) is 54.0 Å². The van der Waals surface area contributed by atoms with E-state index < -0.39 is 69.8 Å². The average Bonchev–Trinajstić information content (AvgIpc) is 3.35. The molecule has 0 aliphatic rings. The molecule has 0 heterocycles. The van der Waals surface area contributed by atoms with Gasteiger partial charge in [0.05, 0.1) is 35.4 Å². The van der Waals surface area contributed by atoms with Gasteiger partial charge in [-0.05, 0) is 121 Å². The summed E-state index contributed by atoms with van der Waals surface area (Å²) in [5.74, 6) is 0. The quantitative estimate of drug-likeness (QED) is 0.0658. The zero-order valence-electron chi connectivity index (χ0n) is 37.1. The molecule has 0 saturated carbocycles. The van der Waals surface area contributed by atoms with Crippen LogP contribution >= 0.6 is 35.2 Å². The number of hydrogen-bond donors (Lipinski definition) is 0. The summed E-state index contributed by atoms with van der Waals surface area (Å²) in [6, 6.07) is 62.2. The molecule has 0 bridgehead atoms. The van der Waals surface area contributed by atoms with Gasteiger partial charge in [-0.15, -0.1) is 0 Å². The Morgan fingerprint density at radius 1 is 0.333 bits per heavy atom. The SMILES string of the molecule is O=S(=O)([O-])c1ccc([PH+](c2ccccc2)c2ccc(S(=O)(=O)[O-])cc2)cc1.O=S(=O)([O-])c1ccc([PH+](c2ccccc2)c2ccc(S(=O)(=O)[O-])cc2)cc1.[Cl][Ru]([Cl])=[CH]C=C(c1ccccc1)c1ccccc1. The van der Waals surface area contributed by atoms with Crippen LogP contribution in [0.15, 0.2) is 244 Å². The molecule has 8 aromatic rings. The van der Waals surface area contributed by atoms with Crippen LogP contribution in [0.2, 0.25) is 0 Å². The molecule has 0 spiro atoms. The van der Waals surface area contributed by atoms with Crippen LogP contribution in [0.5, 0.6) is 0 Å². The summed E-state index contributed by atoms with van der Waals surface area (Å²) < 4.78 is 136. The Balaban J connectivity index is 0.000000180. The molecule has 12 nitrogen and oxygen atoms in total. The summed E-state index contributed by atoms with van der Waals surface area (Å²) in [4.78, 5) is -1.25. The van der Waals surface area contributed by atoms with Gasteiger partial charge < -0.3 is 18.2 Å². The third-order valence-corrected chi connectivity index (χ3v) is 21.0. The third kappa shape index (κ3) is 16.3. The second-order valence-corrected chi connectivity index (χ2v) is 31.3. The summed E-state index contributed by atoms with van der Waals surface area (Å²) >= 11 is -1.77. The van der Waals surface area contributed by atoms with Crippen molar-refractivity contribution in [1.29, 1.82) is 0 Å². The van der Waals surface area contributed by atoms with Gasteiger partial charge >= 0.3 is 121 Å². The fraction of sp³-hybridized carbons (Fsp3) is 0. The van der Waals surface area contributed by atoms with E-state index in [-0.39, 0.29) is 19.6 Å². The van der Waals surface area contributed by atoms with Crippen LogP contribution in [0.3, 0.4) is 0 Å². The fourth-order valence-electron chi connectivity index (χ4n) is 7.06. The van der Waals surface area contributed by atoms with Gasteiger partial charge in [0.15, 0.2) is 0 Å². The summed E-state index contributed by atoms with van der Waals surface area (Å²) in [5.41, 5.74) is 3.49. The van der Waals surface area contributed by atoms with E-state index in [9.17, 15) is 51.9 Å². The molecular weight excluding hydrogens is 1170 g/mol. The molecule has 8 rings (SSSR count). The summed E-state index contributed by atoms with van der Waals surface area (Å²) in [6.07, 6.45) is 2.03. The van der Waals surface area contributed by atoms with Crippen LogP contribution in [0.4, 0.5) is 0 Å². The predicted octanol–water partition coefficient (Wildman–Crippen LogP) is 6.82. The molecule has 0 aromatic heterocycles. The summed E-state index contributed by atoms with van der Waals surface area (Å²) in [6.45, 7) is 0. The van der Waals surface area contributed by atoms with Gasteiger partial charge in [0.25, 0.3) is 0 Å². The van der Waals surface area contributed by atoms with Crippen molar-refractivity contribution in [2.45, 2.75) is 19.6 Å². The van der Waals surface area contributed by atoms with Crippen molar-refractivity contribution < 1.29 is 65.4 Å². The topological polar surface area (TPSA) is 229 Å². The molecular formula is C51H40Cl2O12P2RuS4-2. The molecule has 374 valence electrons. The van der Waals surface area contributed by atoms with Crippen LogP contribution < -0.4 is 31.8 Å². The van der Waals surface area contributed by atoms with Crippen molar-refractivity contribution in [3.63, 3.8) is 0 Å². The Bertz CT molecular complexity index is 3220. The van der Waals surface area contributed by atoms with E-state index in [1.165, 1.54) is 59.7 Å².